The monoisotopic (exact) mass is 228 g/mol. The predicted molar refractivity (Wildman–Crippen MR) is 60.1 cm³/mol. The van der Waals surface area contributed by atoms with Crippen molar-refractivity contribution in [3.05, 3.63) is 12.2 Å². The molecule has 1 fully saturated rings. The minimum absolute atomic E-state index is 0.130. The summed E-state index contributed by atoms with van der Waals surface area (Å²) in [5, 5.41) is 8.44. The average molecular weight is 228 g/mol. The minimum atomic E-state index is -0.734. The number of allylic oxidation sites excluding steroid dienone is 1. The SMILES string of the molecule is CC1(C)OCC(CC=CCCCC(=O)O)O1. The molecular formula is C12H20O4. The fourth-order valence-corrected chi connectivity index (χ4v) is 1.62. The molecule has 1 aliphatic rings. The Morgan fingerprint density at radius 2 is 2.25 bits per heavy atom. The van der Waals surface area contributed by atoms with E-state index < -0.39 is 11.8 Å². The number of carbonyl (C=O) groups is 1. The molecule has 16 heavy (non-hydrogen) atoms. The molecule has 0 bridgehead atoms. The number of hydrogen-bond acceptors (Lipinski definition) is 3. The van der Waals surface area contributed by atoms with Gasteiger partial charge in [0.25, 0.3) is 0 Å². The zero-order valence-electron chi connectivity index (χ0n) is 9.94. The van der Waals surface area contributed by atoms with Crippen LogP contribution in [0.5, 0.6) is 0 Å². The van der Waals surface area contributed by atoms with Gasteiger partial charge in [-0.25, -0.2) is 0 Å². The van der Waals surface area contributed by atoms with Gasteiger partial charge in [-0.1, -0.05) is 12.2 Å². The van der Waals surface area contributed by atoms with Crippen molar-refractivity contribution < 1.29 is 19.4 Å². The number of rotatable bonds is 6. The fraction of sp³-hybridized carbons (Fsp3) is 0.750. The van der Waals surface area contributed by atoms with Crippen LogP contribution in [-0.4, -0.2) is 29.6 Å². The number of carboxylic acids is 1. The molecule has 1 saturated heterocycles. The number of aliphatic carboxylic acids is 1. The van der Waals surface area contributed by atoms with Gasteiger partial charge in [0.1, 0.15) is 0 Å². The third-order valence-corrected chi connectivity index (χ3v) is 2.39. The van der Waals surface area contributed by atoms with Crippen molar-refractivity contribution in [3.63, 3.8) is 0 Å². The summed E-state index contributed by atoms with van der Waals surface area (Å²) in [7, 11) is 0. The number of ether oxygens (including phenoxy) is 2. The van der Waals surface area contributed by atoms with Crippen LogP contribution < -0.4 is 0 Å². The van der Waals surface area contributed by atoms with Crippen LogP contribution in [0.1, 0.15) is 39.5 Å². The Labute approximate surface area is 96.2 Å². The Morgan fingerprint density at radius 3 is 2.81 bits per heavy atom. The van der Waals surface area contributed by atoms with Crippen molar-refractivity contribution in [1.29, 1.82) is 0 Å². The van der Waals surface area contributed by atoms with Crippen molar-refractivity contribution in [2.75, 3.05) is 6.61 Å². The van der Waals surface area contributed by atoms with E-state index >= 15 is 0 Å². The molecule has 1 rings (SSSR count). The lowest BCUT2D eigenvalue weighted by atomic mass is 10.2. The van der Waals surface area contributed by atoms with Crippen LogP contribution in [-0.2, 0) is 14.3 Å². The summed E-state index contributed by atoms with van der Waals surface area (Å²) in [6.45, 7) is 4.44. The highest BCUT2D eigenvalue weighted by atomic mass is 16.7. The second kappa shape index (κ2) is 6.01. The molecule has 1 heterocycles. The van der Waals surface area contributed by atoms with Gasteiger partial charge in [0, 0.05) is 6.42 Å². The summed E-state index contributed by atoms with van der Waals surface area (Å²) in [5.41, 5.74) is 0. The van der Waals surface area contributed by atoms with E-state index in [0.29, 0.717) is 13.0 Å². The largest absolute Gasteiger partial charge is 0.481 e. The molecule has 4 heteroatoms. The fourth-order valence-electron chi connectivity index (χ4n) is 1.62. The van der Waals surface area contributed by atoms with E-state index in [4.69, 9.17) is 14.6 Å². The summed E-state index contributed by atoms with van der Waals surface area (Å²) in [6.07, 6.45) is 6.75. The Morgan fingerprint density at radius 1 is 1.50 bits per heavy atom. The highest BCUT2D eigenvalue weighted by Crippen LogP contribution is 2.24. The first-order valence-electron chi connectivity index (χ1n) is 5.68. The van der Waals surface area contributed by atoms with Gasteiger partial charge >= 0.3 is 5.97 Å². The van der Waals surface area contributed by atoms with Crippen LogP contribution in [0.4, 0.5) is 0 Å². The predicted octanol–water partition coefficient (Wildman–Crippen LogP) is 2.34. The molecule has 0 aromatic rings. The summed E-state index contributed by atoms with van der Waals surface area (Å²) < 4.78 is 11.1. The normalized spacial score (nSPS) is 24.0. The standard InChI is InChI=1S/C12H20O4/c1-12(2)15-9-10(16-12)7-5-3-4-6-8-11(13)14/h3,5,10H,4,6-9H2,1-2H3,(H,13,14). The molecule has 1 N–H and O–H groups in total. The zero-order chi connectivity index (χ0) is 12.0. The van der Waals surface area contributed by atoms with Crippen molar-refractivity contribution in [1.82, 2.24) is 0 Å². The molecule has 0 aromatic heterocycles. The third kappa shape index (κ3) is 5.28. The van der Waals surface area contributed by atoms with Gasteiger partial charge in [-0.3, -0.25) is 4.79 Å². The van der Waals surface area contributed by atoms with Gasteiger partial charge in [0.05, 0.1) is 12.7 Å². The van der Waals surface area contributed by atoms with Gasteiger partial charge in [-0.05, 0) is 33.1 Å². The first-order chi connectivity index (χ1) is 7.49. The quantitative estimate of drug-likeness (QED) is 0.560. The van der Waals surface area contributed by atoms with Gasteiger partial charge in [0.2, 0.25) is 0 Å². The smallest absolute Gasteiger partial charge is 0.303 e. The highest BCUT2D eigenvalue weighted by Gasteiger charge is 2.31. The lowest BCUT2D eigenvalue weighted by Crippen LogP contribution is -2.21. The molecule has 0 spiro atoms. The zero-order valence-corrected chi connectivity index (χ0v) is 9.94. The Balaban J connectivity index is 2.07. The molecule has 4 nitrogen and oxygen atoms in total. The van der Waals surface area contributed by atoms with E-state index in [1.54, 1.807) is 0 Å². The average Bonchev–Trinajstić information content (AvgIpc) is 2.51. The Kier molecular flexibility index (Phi) is 4.96. The Bertz CT molecular complexity index is 258. The number of unbranched alkanes of at least 4 members (excludes halogenated alkanes) is 1. The first-order valence-corrected chi connectivity index (χ1v) is 5.68. The minimum Gasteiger partial charge on any atom is -0.481 e. The van der Waals surface area contributed by atoms with Crippen LogP contribution >= 0.6 is 0 Å². The van der Waals surface area contributed by atoms with Crippen molar-refractivity contribution in [2.24, 2.45) is 0 Å². The van der Waals surface area contributed by atoms with Crippen molar-refractivity contribution in [2.45, 2.75) is 51.4 Å². The van der Waals surface area contributed by atoms with Gasteiger partial charge in [-0.2, -0.15) is 0 Å². The molecule has 0 amide bonds. The first kappa shape index (κ1) is 13.2. The van der Waals surface area contributed by atoms with E-state index in [9.17, 15) is 4.79 Å². The maximum atomic E-state index is 10.3. The molecule has 0 radical (unpaired) electrons. The highest BCUT2D eigenvalue weighted by molar-refractivity contribution is 5.66. The van der Waals surface area contributed by atoms with E-state index in [0.717, 1.165) is 12.8 Å². The van der Waals surface area contributed by atoms with Crippen molar-refractivity contribution in [3.8, 4) is 0 Å². The van der Waals surface area contributed by atoms with E-state index in [1.807, 2.05) is 26.0 Å². The van der Waals surface area contributed by atoms with E-state index in [1.165, 1.54) is 0 Å². The molecule has 1 atom stereocenters. The summed E-state index contributed by atoms with van der Waals surface area (Å²) >= 11 is 0. The van der Waals surface area contributed by atoms with Gasteiger partial charge in [-0.15, -0.1) is 0 Å². The molecular weight excluding hydrogens is 208 g/mol. The van der Waals surface area contributed by atoms with Crippen molar-refractivity contribution >= 4 is 5.97 Å². The second-order valence-corrected chi connectivity index (χ2v) is 4.44. The number of hydrogen-bond donors (Lipinski definition) is 1. The van der Waals surface area contributed by atoms with Gasteiger partial charge in [0.15, 0.2) is 5.79 Å². The maximum absolute atomic E-state index is 10.3. The number of carboxylic acid groups (broad SMARTS) is 1. The van der Waals surface area contributed by atoms with Crippen LogP contribution in [0, 0.1) is 0 Å². The van der Waals surface area contributed by atoms with Gasteiger partial charge < -0.3 is 14.6 Å². The maximum Gasteiger partial charge on any atom is 0.303 e. The Hall–Kier alpha value is -0.870. The third-order valence-electron chi connectivity index (χ3n) is 2.39. The topological polar surface area (TPSA) is 55.8 Å². The molecule has 1 aliphatic heterocycles. The lowest BCUT2D eigenvalue weighted by molar-refractivity contribution is -0.138. The molecule has 0 aromatic carbocycles. The lowest BCUT2D eigenvalue weighted by Gasteiger charge is -2.16. The summed E-state index contributed by atoms with van der Waals surface area (Å²) in [6, 6.07) is 0. The van der Waals surface area contributed by atoms with E-state index in [2.05, 4.69) is 0 Å². The molecule has 0 saturated carbocycles. The van der Waals surface area contributed by atoms with Crippen LogP contribution in [0.25, 0.3) is 0 Å². The summed E-state index contributed by atoms with van der Waals surface area (Å²) in [4.78, 5) is 10.3. The van der Waals surface area contributed by atoms with E-state index in [-0.39, 0.29) is 12.5 Å². The molecule has 92 valence electrons. The second-order valence-electron chi connectivity index (χ2n) is 4.44. The van der Waals surface area contributed by atoms with Crippen LogP contribution in [0.3, 0.4) is 0 Å². The van der Waals surface area contributed by atoms with Crippen LogP contribution in [0.15, 0.2) is 12.2 Å². The molecule has 0 aliphatic carbocycles. The summed E-state index contributed by atoms with van der Waals surface area (Å²) in [5.74, 6) is -1.19. The molecule has 1 unspecified atom stereocenters. The van der Waals surface area contributed by atoms with Crippen LogP contribution in [0.2, 0.25) is 0 Å².